The molecule has 3 rings (SSSR count). The first-order chi connectivity index (χ1) is 10.6. The van der Waals surface area contributed by atoms with E-state index in [4.69, 9.17) is 0 Å². The SMILES string of the molecule is CN(Cc1ccccc1F)C(=O)c1ccc2ncccc2c1. The Morgan fingerprint density at radius 3 is 2.77 bits per heavy atom. The highest BCUT2D eigenvalue weighted by Gasteiger charge is 2.14. The molecule has 1 amide bonds. The number of hydrogen-bond donors (Lipinski definition) is 0. The number of aromatic nitrogens is 1. The molecule has 1 aromatic heterocycles. The fraction of sp³-hybridized carbons (Fsp3) is 0.111. The smallest absolute Gasteiger partial charge is 0.253 e. The third-order valence-electron chi connectivity index (χ3n) is 3.56. The number of hydrogen-bond acceptors (Lipinski definition) is 2. The molecule has 0 aliphatic rings. The summed E-state index contributed by atoms with van der Waals surface area (Å²) in [5.74, 6) is -0.445. The second-order valence-electron chi connectivity index (χ2n) is 5.16. The predicted molar refractivity (Wildman–Crippen MR) is 83.9 cm³/mol. The highest BCUT2D eigenvalue weighted by molar-refractivity contribution is 5.97. The number of fused-ring (bicyclic) bond motifs is 1. The van der Waals surface area contributed by atoms with E-state index in [1.54, 1.807) is 37.5 Å². The number of nitrogens with zero attached hydrogens (tertiary/aromatic N) is 2. The van der Waals surface area contributed by atoms with Crippen LogP contribution in [-0.2, 0) is 6.54 Å². The summed E-state index contributed by atoms with van der Waals surface area (Å²) in [5.41, 5.74) is 1.91. The van der Waals surface area contributed by atoms with Crippen molar-refractivity contribution in [2.24, 2.45) is 0 Å². The van der Waals surface area contributed by atoms with E-state index >= 15 is 0 Å². The van der Waals surface area contributed by atoms with Crippen LogP contribution in [0.2, 0.25) is 0 Å². The minimum atomic E-state index is -0.301. The molecule has 22 heavy (non-hydrogen) atoms. The molecular formula is C18H15FN2O. The van der Waals surface area contributed by atoms with Crippen molar-refractivity contribution in [1.29, 1.82) is 0 Å². The summed E-state index contributed by atoms with van der Waals surface area (Å²) in [6.45, 7) is 0.233. The van der Waals surface area contributed by atoms with Crippen LogP contribution in [0.1, 0.15) is 15.9 Å². The quantitative estimate of drug-likeness (QED) is 0.739. The molecule has 0 N–H and O–H groups in total. The van der Waals surface area contributed by atoms with Crippen molar-refractivity contribution in [3.8, 4) is 0 Å². The second-order valence-corrected chi connectivity index (χ2v) is 5.16. The minimum Gasteiger partial charge on any atom is -0.337 e. The van der Waals surface area contributed by atoms with Gasteiger partial charge in [-0.25, -0.2) is 4.39 Å². The Bertz CT molecular complexity index is 832. The molecule has 0 saturated carbocycles. The Morgan fingerprint density at radius 2 is 1.95 bits per heavy atom. The van der Waals surface area contributed by atoms with Gasteiger partial charge in [0.25, 0.3) is 5.91 Å². The van der Waals surface area contributed by atoms with E-state index in [1.165, 1.54) is 11.0 Å². The van der Waals surface area contributed by atoms with Crippen molar-refractivity contribution >= 4 is 16.8 Å². The van der Waals surface area contributed by atoms with E-state index < -0.39 is 0 Å². The highest BCUT2D eigenvalue weighted by atomic mass is 19.1. The lowest BCUT2D eigenvalue weighted by Crippen LogP contribution is -2.26. The van der Waals surface area contributed by atoms with Crippen LogP contribution in [0.4, 0.5) is 4.39 Å². The molecule has 0 saturated heterocycles. The fourth-order valence-electron chi connectivity index (χ4n) is 2.38. The minimum absolute atomic E-state index is 0.144. The van der Waals surface area contributed by atoms with Crippen LogP contribution >= 0.6 is 0 Å². The summed E-state index contributed by atoms with van der Waals surface area (Å²) in [6, 6.07) is 15.6. The van der Waals surface area contributed by atoms with Crippen LogP contribution in [-0.4, -0.2) is 22.8 Å². The van der Waals surface area contributed by atoms with Crippen molar-refractivity contribution in [3.05, 3.63) is 77.7 Å². The Morgan fingerprint density at radius 1 is 1.14 bits per heavy atom. The second kappa shape index (κ2) is 5.93. The van der Waals surface area contributed by atoms with Gasteiger partial charge in [0, 0.05) is 36.3 Å². The van der Waals surface area contributed by atoms with Gasteiger partial charge in [0.15, 0.2) is 0 Å². The molecule has 0 spiro atoms. The van der Waals surface area contributed by atoms with E-state index in [2.05, 4.69) is 4.98 Å². The predicted octanol–water partition coefficient (Wildman–Crippen LogP) is 3.65. The number of rotatable bonds is 3. The lowest BCUT2D eigenvalue weighted by Gasteiger charge is -2.18. The summed E-state index contributed by atoms with van der Waals surface area (Å²) in [6.07, 6.45) is 1.72. The maximum Gasteiger partial charge on any atom is 0.253 e. The fourth-order valence-corrected chi connectivity index (χ4v) is 2.38. The first-order valence-corrected chi connectivity index (χ1v) is 6.99. The van der Waals surface area contributed by atoms with Crippen molar-refractivity contribution in [1.82, 2.24) is 9.88 Å². The maximum absolute atomic E-state index is 13.7. The van der Waals surface area contributed by atoms with E-state index in [9.17, 15) is 9.18 Å². The zero-order valence-corrected chi connectivity index (χ0v) is 12.2. The number of amides is 1. The number of pyridine rings is 1. The maximum atomic E-state index is 13.7. The number of carbonyl (C=O) groups is 1. The molecule has 0 atom stereocenters. The van der Waals surface area contributed by atoms with E-state index in [1.807, 2.05) is 24.3 Å². The van der Waals surface area contributed by atoms with Gasteiger partial charge in [0.2, 0.25) is 0 Å². The van der Waals surface area contributed by atoms with E-state index in [0.29, 0.717) is 11.1 Å². The lowest BCUT2D eigenvalue weighted by atomic mass is 10.1. The number of halogens is 1. The molecule has 0 aliphatic heterocycles. The Hall–Kier alpha value is -2.75. The number of benzene rings is 2. The molecule has 110 valence electrons. The molecule has 4 heteroatoms. The number of carbonyl (C=O) groups excluding carboxylic acids is 1. The molecule has 1 heterocycles. The van der Waals surface area contributed by atoms with Crippen LogP contribution in [0.15, 0.2) is 60.8 Å². The van der Waals surface area contributed by atoms with Gasteiger partial charge >= 0.3 is 0 Å². The highest BCUT2D eigenvalue weighted by Crippen LogP contribution is 2.16. The first kappa shape index (κ1) is 14.2. The third kappa shape index (κ3) is 2.81. The standard InChI is InChI=1S/C18H15FN2O/c1-21(12-15-5-2-3-7-16(15)19)18(22)14-8-9-17-13(11-14)6-4-10-20-17/h2-11H,12H2,1H3. The molecule has 3 aromatic rings. The van der Waals surface area contributed by atoms with Crippen LogP contribution in [0.3, 0.4) is 0 Å². The van der Waals surface area contributed by atoms with E-state index in [0.717, 1.165) is 10.9 Å². The van der Waals surface area contributed by atoms with Crippen LogP contribution in [0.25, 0.3) is 10.9 Å². The average Bonchev–Trinajstić information content (AvgIpc) is 2.55. The zero-order chi connectivity index (χ0) is 15.5. The molecule has 0 bridgehead atoms. The van der Waals surface area contributed by atoms with Crippen molar-refractivity contribution < 1.29 is 9.18 Å². The molecular weight excluding hydrogens is 279 g/mol. The monoisotopic (exact) mass is 294 g/mol. The third-order valence-corrected chi connectivity index (χ3v) is 3.56. The van der Waals surface area contributed by atoms with E-state index in [-0.39, 0.29) is 18.3 Å². The summed E-state index contributed by atoms with van der Waals surface area (Å²) >= 11 is 0. The van der Waals surface area contributed by atoms with Gasteiger partial charge in [0.1, 0.15) is 5.82 Å². The zero-order valence-electron chi connectivity index (χ0n) is 12.2. The van der Waals surface area contributed by atoms with Gasteiger partial charge in [-0.2, -0.15) is 0 Å². The largest absolute Gasteiger partial charge is 0.337 e. The Kier molecular flexibility index (Phi) is 3.83. The normalized spacial score (nSPS) is 10.6. The summed E-state index contributed by atoms with van der Waals surface area (Å²) < 4.78 is 13.7. The van der Waals surface area contributed by atoms with Gasteiger partial charge < -0.3 is 4.90 Å². The summed E-state index contributed by atoms with van der Waals surface area (Å²) in [5, 5.41) is 0.910. The molecule has 0 fully saturated rings. The average molecular weight is 294 g/mol. The van der Waals surface area contributed by atoms with Crippen LogP contribution < -0.4 is 0 Å². The lowest BCUT2D eigenvalue weighted by molar-refractivity contribution is 0.0784. The summed E-state index contributed by atoms with van der Waals surface area (Å²) in [7, 11) is 1.67. The molecule has 0 unspecified atom stereocenters. The Labute approximate surface area is 128 Å². The first-order valence-electron chi connectivity index (χ1n) is 6.99. The molecule has 2 aromatic carbocycles. The molecule has 3 nitrogen and oxygen atoms in total. The van der Waals surface area contributed by atoms with Crippen LogP contribution in [0, 0.1) is 5.82 Å². The summed E-state index contributed by atoms with van der Waals surface area (Å²) in [4.78, 5) is 18.2. The topological polar surface area (TPSA) is 33.2 Å². The Balaban J connectivity index is 1.84. The van der Waals surface area contributed by atoms with Gasteiger partial charge in [-0.1, -0.05) is 24.3 Å². The van der Waals surface area contributed by atoms with Gasteiger partial charge in [-0.05, 0) is 30.3 Å². The molecule has 0 aliphatic carbocycles. The van der Waals surface area contributed by atoms with Crippen molar-refractivity contribution in [2.75, 3.05) is 7.05 Å². The molecule has 0 radical (unpaired) electrons. The van der Waals surface area contributed by atoms with Gasteiger partial charge in [-0.3, -0.25) is 9.78 Å². The van der Waals surface area contributed by atoms with Crippen molar-refractivity contribution in [2.45, 2.75) is 6.54 Å². The van der Waals surface area contributed by atoms with Gasteiger partial charge in [-0.15, -0.1) is 0 Å². The van der Waals surface area contributed by atoms with Crippen molar-refractivity contribution in [3.63, 3.8) is 0 Å². The van der Waals surface area contributed by atoms with Crippen LogP contribution in [0.5, 0.6) is 0 Å². The van der Waals surface area contributed by atoms with Gasteiger partial charge in [0.05, 0.1) is 5.52 Å².